The first-order chi connectivity index (χ1) is 3.81. The van der Waals surface area contributed by atoms with Crippen molar-refractivity contribution >= 4 is 19.6 Å². The van der Waals surface area contributed by atoms with Crippen molar-refractivity contribution < 1.29 is 0 Å². The Labute approximate surface area is 55.8 Å². The number of allylic oxidation sites excluding steroid dienone is 2. The smallest absolute Gasteiger partial charge is 0.115 e. The van der Waals surface area contributed by atoms with Crippen LogP contribution in [0, 0.1) is 0 Å². The molecule has 0 heterocycles. The van der Waals surface area contributed by atoms with Gasteiger partial charge < -0.3 is 0 Å². The van der Waals surface area contributed by atoms with Gasteiger partial charge in [0.15, 0.2) is 0 Å². The molecule has 2 radical (unpaired) electrons. The van der Waals surface area contributed by atoms with E-state index in [4.69, 9.17) is 7.85 Å². The number of hydrogen-bond donors (Lipinski definition) is 0. The summed E-state index contributed by atoms with van der Waals surface area (Å²) in [6, 6.07) is 0. The molecule has 0 aliphatic heterocycles. The summed E-state index contributed by atoms with van der Waals surface area (Å²) >= 11 is 1.39. The highest BCUT2D eigenvalue weighted by Crippen LogP contribution is 2.10. The Morgan fingerprint density at radius 2 is 2.12 bits per heavy atom. The van der Waals surface area contributed by atoms with E-state index >= 15 is 0 Å². The van der Waals surface area contributed by atoms with E-state index in [0.29, 0.717) is 0 Å². The van der Waals surface area contributed by atoms with Gasteiger partial charge in [0, 0.05) is 0 Å². The molecule has 0 unspecified atom stereocenters. The van der Waals surface area contributed by atoms with Gasteiger partial charge in [0.2, 0.25) is 0 Å². The van der Waals surface area contributed by atoms with Gasteiger partial charge in [-0.3, -0.25) is 0 Å². The van der Waals surface area contributed by atoms with Gasteiger partial charge >= 0.3 is 0 Å². The van der Waals surface area contributed by atoms with Gasteiger partial charge in [-0.1, -0.05) is 30.1 Å². The van der Waals surface area contributed by atoms with E-state index in [9.17, 15) is 0 Å². The highest BCUT2D eigenvalue weighted by Gasteiger charge is 1.78. The van der Waals surface area contributed by atoms with E-state index in [0.717, 1.165) is 4.80 Å². The topological polar surface area (TPSA) is 0 Å². The van der Waals surface area contributed by atoms with Crippen molar-refractivity contribution in [3.63, 3.8) is 0 Å². The molecule has 0 bridgehead atoms. The second kappa shape index (κ2) is 4.79. The zero-order valence-electron chi connectivity index (χ0n) is 4.63. The van der Waals surface area contributed by atoms with E-state index in [-0.39, 0.29) is 0 Å². The summed E-state index contributed by atoms with van der Waals surface area (Å²) in [5.41, 5.74) is 0. The minimum absolute atomic E-state index is 0.718. The van der Waals surface area contributed by atoms with Crippen LogP contribution in [0.3, 0.4) is 0 Å². The first kappa shape index (κ1) is 7.63. The largest absolute Gasteiger partial charge is 0.123 e. The van der Waals surface area contributed by atoms with E-state index in [2.05, 4.69) is 13.2 Å². The Morgan fingerprint density at radius 3 is 2.50 bits per heavy atom. The summed E-state index contributed by atoms with van der Waals surface area (Å²) in [6.45, 7) is 6.97. The van der Waals surface area contributed by atoms with Gasteiger partial charge in [-0.05, 0) is 5.41 Å². The third kappa shape index (κ3) is 3.81. The first-order valence-electron chi connectivity index (χ1n) is 2.17. The average Bonchev–Trinajstić information content (AvgIpc) is 1.68. The molecule has 8 heavy (non-hydrogen) atoms. The van der Waals surface area contributed by atoms with E-state index in [1.165, 1.54) is 11.8 Å². The lowest BCUT2D eigenvalue weighted by Gasteiger charge is -1.88. The van der Waals surface area contributed by atoms with Crippen molar-refractivity contribution in [1.29, 1.82) is 0 Å². The minimum Gasteiger partial charge on any atom is -0.115 e. The highest BCUT2D eigenvalue weighted by atomic mass is 32.2. The lowest BCUT2D eigenvalue weighted by atomic mass is 10.1. The molecule has 0 aliphatic rings. The molecular formula is C6H7BS. The van der Waals surface area contributed by atoms with Crippen LogP contribution in [0.15, 0.2) is 35.5 Å². The summed E-state index contributed by atoms with van der Waals surface area (Å²) in [7, 11) is 5.38. The minimum atomic E-state index is 0.718. The molecule has 0 nitrogen and oxygen atoms in total. The average molecular weight is 122 g/mol. The summed E-state index contributed by atoms with van der Waals surface area (Å²) in [5, 5.41) is 1.68. The van der Waals surface area contributed by atoms with Crippen molar-refractivity contribution in [2.24, 2.45) is 0 Å². The Balaban J connectivity index is 3.60. The van der Waals surface area contributed by atoms with Crippen LogP contribution in [-0.4, -0.2) is 7.85 Å². The molecule has 2 heteroatoms. The SMILES string of the molecule is [B]/C(=C/C=C)SC=C. The molecule has 40 valence electrons. The Kier molecular flexibility index (Phi) is 4.57. The summed E-state index contributed by atoms with van der Waals surface area (Å²) in [5.74, 6) is 0. The van der Waals surface area contributed by atoms with Crippen LogP contribution in [-0.2, 0) is 0 Å². The van der Waals surface area contributed by atoms with Gasteiger partial charge in [0.1, 0.15) is 7.85 Å². The van der Waals surface area contributed by atoms with Crippen LogP contribution in [0.5, 0.6) is 0 Å². The molecule has 0 spiro atoms. The van der Waals surface area contributed by atoms with Crippen molar-refractivity contribution in [3.05, 3.63) is 35.5 Å². The van der Waals surface area contributed by atoms with Crippen molar-refractivity contribution in [3.8, 4) is 0 Å². The molecule has 0 aromatic carbocycles. The number of hydrogen-bond acceptors (Lipinski definition) is 1. The van der Waals surface area contributed by atoms with Crippen molar-refractivity contribution in [2.75, 3.05) is 0 Å². The zero-order chi connectivity index (χ0) is 6.41. The molecule has 0 fully saturated rings. The van der Waals surface area contributed by atoms with E-state index in [1.54, 1.807) is 17.6 Å². The van der Waals surface area contributed by atoms with Crippen LogP contribution in [0.2, 0.25) is 0 Å². The van der Waals surface area contributed by atoms with Gasteiger partial charge in [-0.2, -0.15) is 0 Å². The fourth-order valence-electron chi connectivity index (χ4n) is 0.252. The molecule has 0 amide bonds. The van der Waals surface area contributed by atoms with Gasteiger partial charge in [-0.15, -0.1) is 11.8 Å². The molecule has 0 atom stereocenters. The van der Waals surface area contributed by atoms with E-state index in [1.807, 2.05) is 0 Å². The van der Waals surface area contributed by atoms with Crippen LogP contribution in [0.1, 0.15) is 0 Å². The Hall–Kier alpha value is -0.365. The Bertz CT molecular complexity index is 116. The fraction of sp³-hybridized carbons (Fsp3) is 0. The first-order valence-corrected chi connectivity index (χ1v) is 3.05. The fourth-order valence-corrected chi connectivity index (χ4v) is 0.619. The van der Waals surface area contributed by atoms with Gasteiger partial charge in [0.05, 0.1) is 0 Å². The maximum Gasteiger partial charge on any atom is 0.123 e. The molecule has 0 rings (SSSR count). The molecule has 0 saturated heterocycles. The van der Waals surface area contributed by atoms with Crippen molar-refractivity contribution in [1.82, 2.24) is 0 Å². The summed E-state index contributed by atoms with van der Waals surface area (Å²) in [4.78, 5) is 0.718. The van der Waals surface area contributed by atoms with Crippen LogP contribution >= 0.6 is 11.8 Å². The molecule has 0 aromatic rings. The molecule has 0 aliphatic carbocycles. The third-order valence-corrected chi connectivity index (χ3v) is 1.08. The number of thioether (sulfide) groups is 1. The van der Waals surface area contributed by atoms with Crippen LogP contribution in [0.25, 0.3) is 0 Å². The molecule has 0 saturated carbocycles. The van der Waals surface area contributed by atoms with Gasteiger partial charge in [-0.25, -0.2) is 0 Å². The maximum absolute atomic E-state index is 5.38. The van der Waals surface area contributed by atoms with Crippen LogP contribution in [0.4, 0.5) is 0 Å². The predicted octanol–water partition coefficient (Wildman–Crippen LogP) is 2.06. The third-order valence-electron chi connectivity index (χ3n) is 0.502. The monoisotopic (exact) mass is 122 g/mol. The predicted molar refractivity (Wildman–Crippen MR) is 41.8 cm³/mol. The molecular weight excluding hydrogens is 115 g/mol. The van der Waals surface area contributed by atoms with Gasteiger partial charge in [0.25, 0.3) is 0 Å². The quantitative estimate of drug-likeness (QED) is 0.407. The van der Waals surface area contributed by atoms with E-state index < -0.39 is 0 Å². The zero-order valence-corrected chi connectivity index (χ0v) is 5.45. The maximum atomic E-state index is 5.38. The number of rotatable bonds is 3. The second-order valence-electron chi connectivity index (χ2n) is 1.09. The molecule has 0 aromatic heterocycles. The second-order valence-corrected chi connectivity index (χ2v) is 2.13. The molecule has 0 N–H and O–H groups in total. The van der Waals surface area contributed by atoms with Crippen molar-refractivity contribution in [2.45, 2.75) is 0 Å². The summed E-state index contributed by atoms with van der Waals surface area (Å²) < 4.78 is 0. The Morgan fingerprint density at radius 1 is 1.50 bits per heavy atom. The van der Waals surface area contributed by atoms with Crippen LogP contribution < -0.4 is 0 Å². The lowest BCUT2D eigenvalue weighted by molar-refractivity contribution is 2.07. The standard InChI is InChI=1S/C6H7BS/c1-3-5-6(7)8-4-2/h3-5H,1-2H2/b6-5-. The highest BCUT2D eigenvalue weighted by molar-refractivity contribution is 8.07. The summed E-state index contributed by atoms with van der Waals surface area (Å²) in [6.07, 6.45) is 3.37. The normalized spacial score (nSPS) is 10.8. The lowest BCUT2D eigenvalue weighted by Crippen LogP contribution is -1.66.